The minimum absolute atomic E-state index is 0.195. The average molecular weight is 511 g/mol. The number of hydrogen-bond acceptors (Lipinski definition) is 1. The van der Waals surface area contributed by atoms with Gasteiger partial charge in [0.25, 0.3) is 0 Å². The lowest BCUT2D eigenvalue weighted by atomic mass is 9.85. The number of benzene rings is 6. The van der Waals surface area contributed by atoms with Gasteiger partial charge in [0.05, 0.1) is 0 Å². The molecule has 0 amide bonds. The molecular weight excluding hydrogens is 484 g/mol. The smallest absolute Gasteiger partial charge is 0.138 e. The van der Waals surface area contributed by atoms with E-state index in [-0.39, 0.29) is 11.8 Å². The van der Waals surface area contributed by atoms with Crippen LogP contribution >= 0.6 is 0 Å². The predicted molar refractivity (Wildman–Crippen MR) is 164 cm³/mol. The van der Waals surface area contributed by atoms with Crippen LogP contribution in [0.3, 0.4) is 0 Å². The Bertz CT molecular complexity index is 2100. The van der Waals surface area contributed by atoms with Crippen molar-refractivity contribution in [2.24, 2.45) is 0 Å². The molecule has 0 saturated heterocycles. The summed E-state index contributed by atoms with van der Waals surface area (Å²) in [6.45, 7) is 2.17. The SMILES string of the molecule is Cc1cc(C2c3ccccc3-c3cc(C4c5ccccc5-c5ccccc54)ccc32)cc2c1oc1ccccc12. The molecule has 0 radical (unpaired) electrons. The molecule has 1 heterocycles. The molecule has 7 aromatic rings. The van der Waals surface area contributed by atoms with Crippen LogP contribution < -0.4 is 0 Å². The number of hydrogen-bond donors (Lipinski definition) is 0. The van der Waals surface area contributed by atoms with Gasteiger partial charge >= 0.3 is 0 Å². The van der Waals surface area contributed by atoms with E-state index in [1.807, 2.05) is 6.07 Å². The van der Waals surface area contributed by atoms with Crippen molar-refractivity contribution in [2.45, 2.75) is 18.8 Å². The summed E-state index contributed by atoms with van der Waals surface area (Å²) in [6.07, 6.45) is 0. The van der Waals surface area contributed by atoms with Gasteiger partial charge in [-0.05, 0) is 86.3 Å². The molecule has 9 rings (SSSR count). The van der Waals surface area contributed by atoms with Crippen LogP contribution in [0.5, 0.6) is 0 Å². The molecular formula is C39H26O. The maximum absolute atomic E-state index is 6.27. The van der Waals surface area contributed by atoms with E-state index in [2.05, 4.69) is 128 Å². The predicted octanol–water partition coefficient (Wildman–Crippen LogP) is 10.2. The zero-order valence-corrected chi connectivity index (χ0v) is 22.2. The van der Waals surface area contributed by atoms with Gasteiger partial charge < -0.3 is 4.42 Å². The summed E-state index contributed by atoms with van der Waals surface area (Å²) in [5, 5.41) is 2.38. The number of para-hydroxylation sites is 1. The molecule has 0 bridgehead atoms. The maximum atomic E-state index is 6.27. The molecule has 0 saturated carbocycles. The molecule has 1 unspecified atom stereocenters. The van der Waals surface area contributed by atoms with Crippen LogP contribution in [0.1, 0.15) is 50.8 Å². The summed E-state index contributed by atoms with van der Waals surface area (Å²) >= 11 is 0. The van der Waals surface area contributed by atoms with Crippen molar-refractivity contribution in [3.63, 3.8) is 0 Å². The number of fused-ring (bicyclic) bond motifs is 9. The number of aryl methyl sites for hydroxylation is 1. The van der Waals surface area contributed by atoms with Gasteiger partial charge in [-0.3, -0.25) is 0 Å². The van der Waals surface area contributed by atoms with Crippen molar-refractivity contribution in [1.29, 1.82) is 0 Å². The van der Waals surface area contributed by atoms with E-state index in [4.69, 9.17) is 4.42 Å². The highest BCUT2D eigenvalue weighted by Crippen LogP contribution is 2.52. The van der Waals surface area contributed by atoms with Gasteiger partial charge in [-0.15, -0.1) is 0 Å². The van der Waals surface area contributed by atoms with Crippen LogP contribution in [0, 0.1) is 6.92 Å². The first-order chi connectivity index (χ1) is 19.8. The Morgan fingerprint density at radius 1 is 0.450 bits per heavy atom. The van der Waals surface area contributed by atoms with Crippen LogP contribution in [0.2, 0.25) is 0 Å². The van der Waals surface area contributed by atoms with Gasteiger partial charge in [-0.2, -0.15) is 0 Å². The molecule has 0 spiro atoms. The topological polar surface area (TPSA) is 13.1 Å². The summed E-state index contributed by atoms with van der Waals surface area (Å²) in [6, 6.07) is 47.1. The Morgan fingerprint density at radius 3 is 1.70 bits per heavy atom. The van der Waals surface area contributed by atoms with Crippen molar-refractivity contribution in [3.05, 3.63) is 166 Å². The lowest BCUT2D eigenvalue weighted by Gasteiger charge is -2.18. The maximum Gasteiger partial charge on any atom is 0.138 e. The fourth-order valence-electron chi connectivity index (χ4n) is 7.47. The monoisotopic (exact) mass is 510 g/mol. The molecule has 1 aromatic heterocycles. The van der Waals surface area contributed by atoms with Crippen molar-refractivity contribution >= 4 is 21.9 Å². The van der Waals surface area contributed by atoms with Gasteiger partial charge in [0, 0.05) is 22.6 Å². The first-order valence-corrected chi connectivity index (χ1v) is 14.1. The van der Waals surface area contributed by atoms with Crippen molar-refractivity contribution in [1.82, 2.24) is 0 Å². The molecule has 1 heteroatoms. The molecule has 40 heavy (non-hydrogen) atoms. The Balaban J connectivity index is 1.25. The minimum Gasteiger partial charge on any atom is -0.456 e. The Kier molecular flexibility index (Phi) is 4.43. The summed E-state index contributed by atoms with van der Waals surface area (Å²) in [4.78, 5) is 0. The van der Waals surface area contributed by atoms with Gasteiger partial charge in [-0.25, -0.2) is 0 Å². The fourth-order valence-corrected chi connectivity index (χ4v) is 7.47. The third kappa shape index (κ3) is 2.92. The summed E-state index contributed by atoms with van der Waals surface area (Å²) in [5.41, 5.74) is 16.8. The average Bonchev–Trinajstić information content (AvgIpc) is 3.65. The molecule has 2 aliphatic carbocycles. The second-order valence-electron chi connectivity index (χ2n) is 11.3. The van der Waals surface area contributed by atoms with Crippen LogP contribution in [-0.2, 0) is 0 Å². The zero-order chi connectivity index (χ0) is 26.4. The second-order valence-corrected chi connectivity index (χ2v) is 11.3. The van der Waals surface area contributed by atoms with Gasteiger partial charge in [0.1, 0.15) is 11.2 Å². The zero-order valence-electron chi connectivity index (χ0n) is 22.2. The van der Waals surface area contributed by atoms with E-state index >= 15 is 0 Å². The molecule has 6 aromatic carbocycles. The Labute approximate surface area is 233 Å². The normalized spacial score (nSPS) is 15.3. The standard InChI is InChI=1S/C39H26O/c1-23-20-25(22-35-29-13-8-9-17-36(29)40-39(23)35)38-32-16-7-4-12-28(32)34-21-24(18-19-33(34)38)37-30-14-5-2-10-26(30)27-11-3-6-15-31(27)37/h2-22,37-38H,1H3. The fraction of sp³-hybridized carbons (Fsp3) is 0.0769. The highest BCUT2D eigenvalue weighted by atomic mass is 16.3. The van der Waals surface area contributed by atoms with E-state index in [0.29, 0.717) is 0 Å². The lowest BCUT2D eigenvalue weighted by Crippen LogP contribution is -2.02. The third-order valence-corrected chi connectivity index (χ3v) is 9.14. The summed E-state index contributed by atoms with van der Waals surface area (Å²) < 4.78 is 6.27. The van der Waals surface area contributed by atoms with Gasteiger partial charge in [-0.1, -0.05) is 109 Å². The first-order valence-electron chi connectivity index (χ1n) is 14.1. The Hall–Kier alpha value is -4.88. The molecule has 2 aliphatic rings. The molecule has 1 nitrogen and oxygen atoms in total. The Morgan fingerprint density at radius 2 is 1.00 bits per heavy atom. The number of furan rings is 1. The summed E-state index contributed by atoms with van der Waals surface area (Å²) in [5.74, 6) is 0.444. The largest absolute Gasteiger partial charge is 0.456 e. The van der Waals surface area contributed by atoms with E-state index in [0.717, 1.165) is 11.2 Å². The van der Waals surface area contributed by atoms with Crippen LogP contribution in [-0.4, -0.2) is 0 Å². The number of rotatable bonds is 2. The van der Waals surface area contributed by atoms with Gasteiger partial charge in [0.15, 0.2) is 0 Å². The second kappa shape index (κ2) is 8.07. The highest BCUT2D eigenvalue weighted by Gasteiger charge is 2.34. The quantitative estimate of drug-likeness (QED) is 0.225. The summed E-state index contributed by atoms with van der Waals surface area (Å²) in [7, 11) is 0. The van der Waals surface area contributed by atoms with Crippen molar-refractivity contribution < 1.29 is 4.42 Å². The van der Waals surface area contributed by atoms with Crippen molar-refractivity contribution in [2.75, 3.05) is 0 Å². The highest BCUT2D eigenvalue weighted by molar-refractivity contribution is 6.06. The molecule has 0 N–H and O–H groups in total. The minimum atomic E-state index is 0.195. The molecule has 0 fully saturated rings. The van der Waals surface area contributed by atoms with E-state index in [1.54, 1.807) is 0 Å². The first kappa shape index (κ1) is 22.0. The van der Waals surface area contributed by atoms with E-state index < -0.39 is 0 Å². The van der Waals surface area contributed by atoms with Gasteiger partial charge in [0.2, 0.25) is 0 Å². The van der Waals surface area contributed by atoms with Crippen LogP contribution in [0.4, 0.5) is 0 Å². The van der Waals surface area contributed by atoms with Crippen LogP contribution in [0.15, 0.2) is 132 Å². The molecule has 188 valence electrons. The van der Waals surface area contributed by atoms with Crippen LogP contribution in [0.25, 0.3) is 44.2 Å². The lowest BCUT2D eigenvalue weighted by molar-refractivity contribution is 0.665. The third-order valence-electron chi connectivity index (χ3n) is 9.14. The van der Waals surface area contributed by atoms with E-state index in [1.165, 1.54) is 72.0 Å². The van der Waals surface area contributed by atoms with Crippen molar-refractivity contribution in [3.8, 4) is 22.3 Å². The molecule has 1 atom stereocenters. The molecule has 0 aliphatic heterocycles. The van der Waals surface area contributed by atoms with E-state index in [9.17, 15) is 0 Å².